The van der Waals surface area contributed by atoms with Gasteiger partial charge in [0.05, 0.1) is 18.7 Å². The molecule has 1 aromatic heterocycles. The van der Waals surface area contributed by atoms with Crippen molar-refractivity contribution in [2.24, 2.45) is 12.0 Å². The van der Waals surface area contributed by atoms with Gasteiger partial charge in [-0.15, -0.1) is 0 Å². The molecule has 26 heavy (non-hydrogen) atoms. The zero-order valence-corrected chi connectivity index (χ0v) is 15.3. The summed E-state index contributed by atoms with van der Waals surface area (Å²) in [5.41, 5.74) is 0.253. The summed E-state index contributed by atoms with van der Waals surface area (Å²) in [5.74, 6) is 1.18. The number of carbonyl (C=O) groups excluding carboxylic acids is 1. The summed E-state index contributed by atoms with van der Waals surface area (Å²) in [6.07, 6.45) is 1.52. The maximum Gasteiger partial charge on any atom is 0.255 e. The third-order valence-corrected chi connectivity index (χ3v) is 3.69. The molecule has 1 heterocycles. The molecular formula is C17H25N7O2. The molecule has 0 bridgehead atoms. The fraction of sp³-hybridized carbons (Fsp3) is 0.412. The van der Waals surface area contributed by atoms with Crippen molar-refractivity contribution >= 4 is 11.9 Å². The van der Waals surface area contributed by atoms with Gasteiger partial charge in [-0.05, 0) is 19.1 Å². The Bertz CT molecular complexity index is 757. The lowest BCUT2D eigenvalue weighted by molar-refractivity contribution is 0.0952. The summed E-state index contributed by atoms with van der Waals surface area (Å²) in [6.45, 7) is 4.05. The van der Waals surface area contributed by atoms with Crippen LogP contribution in [0.2, 0.25) is 0 Å². The number of para-hydroxylation sites is 1. The molecular weight excluding hydrogens is 334 g/mol. The van der Waals surface area contributed by atoms with Crippen LogP contribution >= 0.6 is 0 Å². The Labute approximate surface area is 152 Å². The predicted molar refractivity (Wildman–Crippen MR) is 98.9 cm³/mol. The molecule has 1 aromatic carbocycles. The van der Waals surface area contributed by atoms with Gasteiger partial charge >= 0.3 is 0 Å². The average Bonchev–Trinajstić information content (AvgIpc) is 3.02. The molecule has 0 aliphatic heterocycles. The number of hydrogen-bond donors (Lipinski definition) is 3. The quantitative estimate of drug-likeness (QED) is 0.374. The van der Waals surface area contributed by atoms with E-state index in [4.69, 9.17) is 0 Å². The van der Waals surface area contributed by atoms with Crippen molar-refractivity contribution in [2.75, 3.05) is 26.7 Å². The van der Waals surface area contributed by atoms with Gasteiger partial charge in [0.2, 0.25) is 0 Å². The number of phenols is 1. The molecule has 0 atom stereocenters. The molecule has 9 nitrogen and oxygen atoms in total. The number of aryl methyl sites for hydroxylation is 1. The summed E-state index contributed by atoms with van der Waals surface area (Å²) in [5, 5.41) is 19.7. The van der Waals surface area contributed by atoms with Crippen LogP contribution in [0, 0.1) is 0 Å². The molecule has 0 fully saturated rings. The smallest absolute Gasteiger partial charge is 0.255 e. The van der Waals surface area contributed by atoms with E-state index >= 15 is 0 Å². The summed E-state index contributed by atoms with van der Waals surface area (Å²) in [7, 11) is 3.76. The van der Waals surface area contributed by atoms with Crippen LogP contribution in [0.15, 0.2) is 35.6 Å². The van der Waals surface area contributed by atoms with Crippen LogP contribution in [0.25, 0.3) is 0 Å². The number of amides is 1. The number of nitrogens with one attached hydrogen (secondary N) is 2. The van der Waals surface area contributed by atoms with Gasteiger partial charge in [0.15, 0.2) is 5.96 Å². The Morgan fingerprint density at radius 1 is 1.35 bits per heavy atom. The van der Waals surface area contributed by atoms with Crippen molar-refractivity contribution in [3.05, 3.63) is 42.0 Å². The summed E-state index contributed by atoms with van der Waals surface area (Å²) in [6, 6.07) is 6.44. The Balaban J connectivity index is 1.89. The number of aliphatic imine (C=N–C) groups is 1. The van der Waals surface area contributed by atoms with Gasteiger partial charge in [0.1, 0.15) is 17.9 Å². The normalized spacial score (nSPS) is 11.3. The van der Waals surface area contributed by atoms with Gasteiger partial charge in [0.25, 0.3) is 5.91 Å². The largest absolute Gasteiger partial charge is 0.507 e. The molecule has 0 aliphatic rings. The Hall–Kier alpha value is -3.10. The van der Waals surface area contributed by atoms with E-state index in [0.717, 1.165) is 12.4 Å². The van der Waals surface area contributed by atoms with Crippen LogP contribution in [0.1, 0.15) is 23.1 Å². The third kappa shape index (κ3) is 5.20. The second-order valence-corrected chi connectivity index (χ2v) is 5.66. The fourth-order valence-corrected chi connectivity index (χ4v) is 2.31. The highest BCUT2D eigenvalue weighted by molar-refractivity contribution is 5.96. The second kappa shape index (κ2) is 9.40. The molecule has 0 aliphatic carbocycles. The van der Waals surface area contributed by atoms with Crippen LogP contribution < -0.4 is 10.6 Å². The van der Waals surface area contributed by atoms with E-state index in [1.165, 1.54) is 12.4 Å². The number of rotatable bonds is 7. The minimum absolute atomic E-state index is 0.0368. The van der Waals surface area contributed by atoms with Crippen LogP contribution in [-0.4, -0.2) is 63.3 Å². The van der Waals surface area contributed by atoms with E-state index in [1.807, 2.05) is 25.9 Å². The lowest BCUT2D eigenvalue weighted by Crippen LogP contribution is -2.39. The van der Waals surface area contributed by atoms with Crippen molar-refractivity contribution < 1.29 is 9.90 Å². The molecule has 0 saturated heterocycles. The molecule has 0 radical (unpaired) electrons. The first-order chi connectivity index (χ1) is 12.5. The minimum Gasteiger partial charge on any atom is -0.507 e. The number of benzene rings is 1. The van der Waals surface area contributed by atoms with Gasteiger partial charge in [-0.1, -0.05) is 12.1 Å². The number of phenolic OH excluding ortho intramolecular Hbond substituents is 1. The van der Waals surface area contributed by atoms with Crippen molar-refractivity contribution in [2.45, 2.75) is 13.5 Å². The molecule has 1 amide bonds. The van der Waals surface area contributed by atoms with Crippen molar-refractivity contribution in [3.63, 3.8) is 0 Å². The molecule has 2 rings (SSSR count). The number of aromatic nitrogens is 3. The van der Waals surface area contributed by atoms with E-state index in [1.54, 1.807) is 22.9 Å². The van der Waals surface area contributed by atoms with Crippen LogP contribution in [-0.2, 0) is 13.6 Å². The maximum absolute atomic E-state index is 12.1. The van der Waals surface area contributed by atoms with E-state index in [0.29, 0.717) is 25.6 Å². The van der Waals surface area contributed by atoms with Crippen LogP contribution in [0.3, 0.4) is 0 Å². The monoisotopic (exact) mass is 359 g/mol. The third-order valence-electron chi connectivity index (χ3n) is 3.69. The number of hydrogen-bond acceptors (Lipinski definition) is 5. The number of guanidine groups is 1. The van der Waals surface area contributed by atoms with Gasteiger partial charge in [-0.3, -0.25) is 14.5 Å². The van der Waals surface area contributed by atoms with Crippen molar-refractivity contribution in [1.29, 1.82) is 0 Å². The molecule has 2 aromatic rings. The zero-order chi connectivity index (χ0) is 18.9. The van der Waals surface area contributed by atoms with Crippen molar-refractivity contribution in [1.82, 2.24) is 30.3 Å². The molecule has 0 unspecified atom stereocenters. The molecule has 3 N–H and O–H groups in total. The lowest BCUT2D eigenvalue weighted by atomic mass is 10.2. The topological polar surface area (TPSA) is 108 Å². The predicted octanol–water partition coefficient (Wildman–Crippen LogP) is 0.348. The second-order valence-electron chi connectivity index (χ2n) is 5.66. The van der Waals surface area contributed by atoms with Crippen LogP contribution in [0.5, 0.6) is 5.75 Å². The highest BCUT2D eigenvalue weighted by Gasteiger charge is 2.11. The molecule has 140 valence electrons. The number of aromatic hydroxyl groups is 1. The maximum atomic E-state index is 12.1. The summed E-state index contributed by atoms with van der Waals surface area (Å²) < 4.78 is 1.71. The molecule has 9 heteroatoms. The van der Waals surface area contributed by atoms with E-state index in [2.05, 4.69) is 25.7 Å². The van der Waals surface area contributed by atoms with E-state index in [9.17, 15) is 9.90 Å². The lowest BCUT2D eigenvalue weighted by Gasteiger charge is -2.21. The Morgan fingerprint density at radius 2 is 2.12 bits per heavy atom. The van der Waals surface area contributed by atoms with E-state index < -0.39 is 0 Å². The molecule has 0 saturated carbocycles. The summed E-state index contributed by atoms with van der Waals surface area (Å²) >= 11 is 0. The Morgan fingerprint density at radius 3 is 2.77 bits per heavy atom. The van der Waals surface area contributed by atoms with Gasteiger partial charge < -0.3 is 20.6 Å². The summed E-state index contributed by atoms with van der Waals surface area (Å²) in [4.78, 5) is 22.7. The van der Waals surface area contributed by atoms with Gasteiger partial charge in [0, 0.05) is 27.2 Å². The fourth-order valence-electron chi connectivity index (χ4n) is 2.31. The highest BCUT2D eigenvalue weighted by Crippen LogP contribution is 2.14. The number of carbonyl (C=O) groups is 1. The van der Waals surface area contributed by atoms with Gasteiger partial charge in [-0.2, -0.15) is 5.10 Å². The first-order valence-corrected chi connectivity index (χ1v) is 8.41. The molecule has 0 spiro atoms. The Kier molecular flexibility index (Phi) is 6.95. The first kappa shape index (κ1) is 19.2. The van der Waals surface area contributed by atoms with Gasteiger partial charge in [-0.25, -0.2) is 4.98 Å². The SMILES string of the molecule is CCNC(=NCCNC(=O)c1ccccc1O)N(C)Cc1ncnn1C. The standard InChI is InChI=1S/C17H25N7O2/c1-4-18-17(23(2)11-15-21-12-22-24(15)3)20-10-9-19-16(26)13-7-5-6-8-14(13)25/h5-8,12,25H,4,9-11H2,1-3H3,(H,18,20)(H,19,26). The minimum atomic E-state index is -0.323. The van der Waals surface area contributed by atoms with Crippen molar-refractivity contribution in [3.8, 4) is 5.75 Å². The highest BCUT2D eigenvalue weighted by atomic mass is 16.3. The number of nitrogens with zero attached hydrogens (tertiary/aromatic N) is 5. The average molecular weight is 359 g/mol. The zero-order valence-electron chi connectivity index (χ0n) is 15.3. The van der Waals surface area contributed by atoms with Crippen LogP contribution in [0.4, 0.5) is 0 Å². The first-order valence-electron chi connectivity index (χ1n) is 8.41. The van der Waals surface area contributed by atoms with E-state index in [-0.39, 0.29) is 17.2 Å².